The Kier molecular flexibility index (Phi) is 2.04. The maximum absolute atomic E-state index is 10.9. The molecule has 1 aromatic rings. The van der Waals surface area contributed by atoms with Gasteiger partial charge in [-0.2, -0.15) is 0 Å². The molecule has 1 aliphatic rings. The third kappa shape index (κ3) is 2.00. The zero-order chi connectivity index (χ0) is 9.47. The molecule has 1 saturated carbocycles. The molecule has 1 aliphatic carbocycles. The third-order valence-electron chi connectivity index (χ3n) is 2.06. The first kappa shape index (κ1) is 8.97. The van der Waals surface area contributed by atoms with E-state index in [9.17, 15) is 8.42 Å². The van der Waals surface area contributed by atoms with Gasteiger partial charge in [-0.1, -0.05) is 0 Å². The molecular weight excluding hydrogens is 210 g/mol. The van der Waals surface area contributed by atoms with Crippen molar-refractivity contribution in [1.82, 2.24) is 4.98 Å². The van der Waals surface area contributed by atoms with Crippen LogP contribution in [0.15, 0.2) is 23.4 Å². The lowest BCUT2D eigenvalue weighted by Gasteiger charge is -1.98. The van der Waals surface area contributed by atoms with Gasteiger partial charge >= 0.3 is 0 Å². The van der Waals surface area contributed by atoms with Gasteiger partial charge in [0.15, 0.2) is 5.03 Å². The largest absolute Gasteiger partial charge is 0.278 e. The minimum absolute atomic E-state index is 0.0430. The maximum Gasteiger partial charge on any atom is 0.278 e. The van der Waals surface area contributed by atoms with Gasteiger partial charge in [-0.15, -0.1) is 0 Å². The average Bonchev–Trinajstić information content (AvgIpc) is 2.85. The first-order valence-corrected chi connectivity index (χ1v) is 6.29. The van der Waals surface area contributed by atoms with E-state index in [-0.39, 0.29) is 5.03 Å². The SMILES string of the molecule is O=S(=O)(Cl)c1cc(C2CC2)ccn1. The fraction of sp³-hybridized carbons (Fsp3) is 0.375. The van der Waals surface area contributed by atoms with Crippen molar-refractivity contribution in [2.75, 3.05) is 0 Å². The number of pyridine rings is 1. The van der Waals surface area contributed by atoms with Gasteiger partial charge in [0.05, 0.1) is 0 Å². The van der Waals surface area contributed by atoms with Gasteiger partial charge in [0.2, 0.25) is 0 Å². The van der Waals surface area contributed by atoms with Gasteiger partial charge in [-0.05, 0) is 36.5 Å². The van der Waals surface area contributed by atoms with Gasteiger partial charge in [0.25, 0.3) is 9.05 Å². The third-order valence-corrected chi connectivity index (χ3v) is 3.25. The summed E-state index contributed by atoms with van der Waals surface area (Å²) in [5.74, 6) is 0.514. The minimum atomic E-state index is -3.67. The maximum atomic E-state index is 10.9. The molecule has 0 atom stereocenters. The lowest BCUT2D eigenvalue weighted by atomic mass is 10.2. The van der Waals surface area contributed by atoms with Crippen LogP contribution in [0.5, 0.6) is 0 Å². The lowest BCUT2D eigenvalue weighted by molar-refractivity contribution is 0.606. The van der Waals surface area contributed by atoms with Crippen LogP contribution in [0.1, 0.15) is 24.3 Å². The molecule has 1 aromatic heterocycles. The number of halogens is 1. The van der Waals surface area contributed by atoms with Crippen molar-refractivity contribution in [3.05, 3.63) is 23.9 Å². The molecule has 70 valence electrons. The molecule has 13 heavy (non-hydrogen) atoms. The van der Waals surface area contributed by atoms with E-state index in [2.05, 4.69) is 4.98 Å². The molecule has 0 aromatic carbocycles. The van der Waals surface area contributed by atoms with Gasteiger partial charge in [-0.3, -0.25) is 0 Å². The Hall–Kier alpha value is -0.610. The second-order valence-corrected chi connectivity index (χ2v) is 5.65. The van der Waals surface area contributed by atoms with E-state index >= 15 is 0 Å². The normalized spacial score (nSPS) is 17.3. The topological polar surface area (TPSA) is 47.0 Å². The highest BCUT2D eigenvalue weighted by molar-refractivity contribution is 8.13. The van der Waals surface area contributed by atoms with E-state index in [1.807, 2.05) is 6.07 Å². The number of hydrogen-bond donors (Lipinski definition) is 0. The van der Waals surface area contributed by atoms with Gasteiger partial charge in [0, 0.05) is 16.9 Å². The Morgan fingerprint density at radius 1 is 1.46 bits per heavy atom. The molecule has 1 fully saturated rings. The van der Waals surface area contributed by atoms with E-state index in [1.54, 1.807) is 6.07 Å². The second-order valence-electron chi connectivity index (χ2n) is 3.14. The summed E-state index contributed by atoms with van der Waals surface area (Å²) in [4.78, 5) is 3.70. The summed E-state index contributed by atoms with van der Waals surface area (Å²) in [5.41, 5.74) is 1.02. The number of rotatable bonds is 2. The molecule has 5 heteroatoms. The molecule has 3 nitrogen and oxygen atoms in total. The van der Waals surface area contributed by atoms with Gasteiger partial charge in [0.1, 0.15) is 0 Å². The van der Waals surface area contributed by atoms with E-state index in [4.69, 9.17) is 10.7 Å². The van der Waals surface area contributed by atoms with Crippen LogP contribution in [0, 0.1) is 0 Å². The standard InChI is InChI=1S/C8H8ClNO2S/c9-13(11,12)8-5-7(3-4-10-8)6-1-2-6/h3-6H,1-2H2. The van der Waals surface area contributed by atoms with Crippen LogP contribution < -0.4 is 0 Å². The van der Waals surface area contributed by atoms with Crippen LogP contribution >= 0.6 is 10.7 Å². The molecule has 1 heterocycles. The van der Waals surface area contributed by atoms with Crippen molar-refractivity contribution in [3.8, 4) is 0 Å². The Morgan fingerprint density at radius 3 is 2.69 bits per heavy atom. The Balaban J connectivity index is 2.43. The van der Waals surface area contributed by atoms with E-state index in [1.165, 1.54) is 6.20 Å². The van der Waals surface area contributed by atoms with Gasteiger partial charge < -0.3 is 0 Å². The molecule has 0 bridgehead atoms. The number of aromatic nitrogens is 1. The summed E-state index contributed by atoms with van der Waals surface area (Å²) in [6, 6.07) is 3.39. The smallest absolute Gasteiger partial charge is 0.244 e. The molecule has 0 saturated heterocycles. The van der Waals surface area contributed by atoms with Crippen molar-refractivity contribution >= 4 is 19.7 Å². The predicted octanol–water partition coefficient (Wildman–Crippen LogP) is 1.89. The Morgan fingerprint density at radius 2 is 2.15 bits per heavy atom. The molecule has 0 N–H and O–H groups in total. The van der Waals surface area contributed by atoms with Crippen LogP contribution in [0.25, 0.3) is 0 Å². The van der Waals surface area contributed by atoms with Crippen LogP contribution in [0.4, 0.5) is 0 Å². The Bertz CT molecular complexity index is 426. The highest BCUT2D eigenvalue weighted by Gasteiger charge is 2.25. The molecule has 0 unspecified atom stereocenters. The molecule has 0 radical (unpaired) electrons. The second kappa shape index (κ2) is 2.96. The summed E-state index contributed by atoms with van der Waals surface area (Å²) in [5, 5.41) is -0.0430. The zero-order valence-electron chi connectivity index (χ0n) is 6.77. The van der Waals surface area contributed by atoms with Crippen molar-refractivity contribution in [3.63, 3.8) is 0 Å². The van der Waals surface area contributed by atoms with E-state index in [0.29, 0.717) is 5.92 Å². The highest BCUT2D eigenvalue weighted by Crippen LogP contribution is 2.40. The minimum Gasteiger partial charge on any atom is -0.244 e. The van der Waals surface area contributed by atoms with Crippen molar-refractivity contribution in [2.24, 2.45) is 0 Å². The zero-order valence-corrected chi connectivity index (χ0v) is 8.35. The molecule has 0 amide bonds. The first-order chi connectivity index (χ1) is 6.07. The van der Waals surface area contributed by atoms with Crippen LogP contribution in [-0.2, 0) is 9.05 Å². The molecular formula is C8H8ClNO2S. The average molecular weight is 218 g/mol. The molecule has 0 spiro atoms. The van der Waals surface area contributed by atoms with Crippen molar-refractivity contribution in [2.45, 2.75) is 23.8 Å². The van der Waals surface area contributed by atoms with Crippen LogP contribution in [0.2, 0.25) is 0 Å². The monoisotopic (exact) mass is 217 g/mol. The fourth-order valence-corrected chi connectivity index (χ4v) is 1.95. The number of nitrogens with zero attached hydrogens (tertiary/aromatic N) is 1. The van der Waals surface area contributed by atoms with Crippen molar-refractivity contribution in [1.29, 1.82) is 0 Å². The summed E-state index contributed by atoms with van der Waals surface area (Å²) in [6.45, 7) is 0. The van der Waals surface area contributed by atoms with Crippen molar-refractivity contribution < 1.29 is 8.42 Å². The molecule has 2 rings (SSSR count). The molecule has 0 aliphatic heterocycles. The van der Waals surface area contributed by atoms with Crippen LogP contribution in [-0.4, -0.2) is 13.4 Å². The fourth-order valence-electron chi connectivity index (χ4n) is 1.23. The Labute approximate surface area is 81.2 Å². The summed E-state index contributed by atoms with van der Waals surface area (Å²) in [6.07, 6.45) is 3.75. The number of hydrogen-bond acceptors (Lipinski definition) is 3. The summed E-state index contributed by atoms with van der Waals surface area (Å²) in [7, 11) is 1.50. The van der Waals surface area contributed by atoms with E-state index in [0.717, 1.165) is 18.4 Å². The first-order valence-electron chi connectivity index (χ1n) is 3.98. The van der Waals surface area contributed by atoms with Crippen LogP contribution in [0.3, 0.4) is 0 Å². The lowest BCUT2D eigenvalue weighted by Crippen LogP contribution is -1.95. The summed E-state index contributed by atoms with van der Waals surface area (Å²) < 4.78 is 21.9. The highest BCUT2D eigenvalue weighted by atomic mass is 35.7. The quantitative estimate of drug-likeness (QED) is 0.711. The van der Waals surface area contributed by atoms with Gasteiger partial charge in [-0.25, -0.2) is 13.4 Å². The van der Waals surface area contributed by atoms with E-state index < -0.39 is 9.05 Å². The predicted molar refractivity (Wildman–Crippen MR) is 49.3 cm³/mol. The summed E-state index contributed by atoms with van der Waals surface area (Å²) >= 11 is 0.